The van der Waals surface area contributed by atoms with Gasteiger partial charge in [-0.05, 0) is 48.5 Å². The quantitative estimate of drug-likeness (QED) is 0.411. The third kappa shape index (κ3) is 4.54. The van der Waals surface area contributed by atoms with Gasteiger partial charge >= 0.3 is 0 Å². The van der Waals surface area contributed by atoms with Crippen molar-refractivity contribution in [2.24, 2.45) is 4.40 Å². The molecule has 4 aromatic rings. The molecule has 3 aromatic carbocycles. The molecule has 0 saturated heterocycles. The second-order valence-electron chi connectivity index (χ2n) is 7.33. The summed E-state index contributed by atoms with van der Waals surface area (Å²) in [7, 11) is -3.71. The van der Waals surface area contributed by atoms with E-state index in [1.54, 1.807) is 60.1 Å². The maximum absolute atomic E-state index is 12.8. The SMILES string of the molecule is O=C(Nc1ccccc1OCc1cscn1)c1ccc(NC2=NS(=O)(=O)c3ccccc32)cc1. The molecule has 8 nitrogen and oxygen atoms in total. The zero-order valence-electron chi connectivity index (χ0n) is 17.6. The van der Waals surface area contributed by atoms with Gasteiger partial charge in [-0.25, -0.2) is 4.98 Å². The second kappa shape index (κ2) is 9.08. The van der Waals surface area contributed by atoms with Crippen molar-refractivity contribution in [1.82, 2.24) is 4.98 Å². The summed E-state index contributed by atoms with van der Waals surface area (Å²) in [6.07, 6.45) is 0. The number of para-hydroxylation sites is 2. The van der Waals surface area contributed by atoms with Crippen LogP contribution in [0.4, 0.5) is 11.4 Å². The Morgan fingerprint density at radius 1 is 0.971 bits per heavy atom. The van der Waals surface area contributed by atoms with E-state index in [1.165, 1.54) is 17.4 Å². The standard InChI is InChI=1S/C24H18N4O4S2/c29-24(27-20-6-2-3-7-21(20)32-13-18-14-33-15-25-18)16-9-11-17(12-10-16)26-23-19-5-1-4-8-22(19)34(30,31)28-23/h1-12,14-15H,13H2,(H,26,28)(H,27,29). The van der Waals surface area contributed by atoms with Crippen molar-refractivity contribution in [1.29, 1.82) is 0 Å². The van der Waals surface area contributed by atoms with Crippen LogP contribution in [0.5, 0.6) is 5.75 Å². The number of sulfonamides is 1. The van der Waals surface area contributed by atoms with E-state index in [-0.39, 0.29) is 16.6 Å². The molecule has 1 aromatic heterocycles. The molecule has 34 heavy (non-hydrogen) atoms. The number of hydrogen-bond acceptors (Lipinski definition) is 7. The molecule has 0 aliphatic carbocycles. The predicted molar refractivity (Wildman–Crippen MR) is 131 cm³/mol. The summed E-state index contributed by atoms with van der Waals surface area (Å²) in [6.45, 7) is 0.305. The number of fused-ring (bicyclic) bond motifs is 1. The lowest BCUT2D eigenvalue weighted by atomic mass is 10.1. The first kappa shape index (κ1) is 21.8. The molecule has 1 aliphatic rings. The van der Waals surface area contributed by atoms with Crippen molar-refractivity contribution in [3.8, 4) is 5.75 Å². The van der Waals surface area contributed by atoms with Gasteiger partial charge in [0.05, 0.1) is 16.9 Å². The van der Waals surface area contributed by atoms with Gasteiger partial charge in [-0.2, -0.15) is 8.42 Å². The molecule has 0 unspecified atom stereocenters. The Bertz CT molecular complexity index is 1480. The largest absolute Gasteiger partial charge is 0.485 e. The van der Waals surface area contributed by atoms with Crippen molar-refractivity contribution < 1.29 is 17.9 Å². The molecule has 1 amide bonds. The van der Waals surface area contributed by atoms with Crippen molar-refractivity contribution in [3.63, 3.8) is 0 Å². The molecule has 0 bridgehead atoms. The van der Waals surface area contributed by atoms with Gasteiger partial charge in [0.25, 0.3) is 15.9 Å². The van der Waals surface area contributed by atoms with Crippen LogP contribution in [0, 0.1) is 0 Å². The third-order valence-electron chi connectivity index (χ3n) is 5.04. The van der Waals surface area contributed by atoms with Crippen molar-refractivity contribution in [3.05, 3.63) is 101 Å². The summed E-state index contributed by atoms with van der Waals surface area (Å²) in [5, 5.41) is 7.79. The van der Waals surface area contributed by atoms with Gasteiger partial charge in [0, 0.05) is 22.2 Å². The second-order valence-corrected chi connectivity index (χ2v) is 9.62. The molecule has 10 heteroatoms. The van der Waals surface area contributed by atoms with Crippen LogP contribution in [0.15, 0.2) is 93.0 Å². The maximum Gasteiger partial charge on any atom is 0.285 e. The zero-order chi connectivity index (χ0) is 23.5. The van der Waals surface area contributed by atoms with Crippen LogP contribution in [-0.2, 0) is 16.6 Å². The molecule has 0 radical (unpaired) electrons. The normalized spacial score (nSPS) is 13.6. The molecular formula is C24H18N4O4S2. The van der Waals surface area contributed by atoms with Crippen molar-refractivity contribution in [2.75, 3.05) is 10.6 Å². The molecule has 0 spiro atoms. The number of hydrogen-bond donors (Lipinski definition) is 2. The third-order valence-corrected chi connectivity index (χ3v) is 7.01. The number of amides is 1. The van der Waals surface area contributed by atoms with E-state index in [0.717, 1.165) is 5.69 Å². The monoisotopic (exact) mass is 490 g/mol. The van der Waals surface area contributed by atoms with E-state index < -0.39 is 10.0 Å². The lowest BCUT2D eigenvalue weighted by molar-refractivity contribution is 0.102. The number of rotatable bonds is 6. The number of benzene rings is 3. The molecule has 1 aliphatic heterocycles. The Kier molecular flexibility index (Phi) is 5.83. The minimum absolute atomic E-state index is 0.171. The van der Waals surface area contributed by atoms with Gasteiger partial charge in [-0.15, -0.1) is 15.7 Å². The first-order valence-corrected chi connectivity index (χ1v) is 12.6. The van der Waals surface area contributed by atoms with Crippen LogP contribution in [0.1, 0.15) is 21.6 Å². The highest BCUT2D eigenvalue weighted by atomic mass is 32.2. The van der Waals surface area contributed by atoms with Crippen LogP contribution < -0.4 is 15.4 Å². The van der Waals surface area contributed by atoms with Gasteiger partial charge in [0.15, 0.2) is 5.84 Å². The van der Waals surface area contributed by atoms with E-state index in [1.807, 2.05) is 17.5 Å². The zero-order valence-corrected chi connectivity index (χ0v) is 19.3. The Labute approximate surface area is 200 Å². The number of amidine groups is 1. The van der Waals surface area contributed by atoms with Crippen LogP contribution in [0.25, 0.3) is 0 Å². The van der Waals surface area contributed by atoms with Crippen LogP contribution in [0.3, 0.4) is 0 Å². The number of carbonyl (C=O) groups is 1. The summed E-state index contributed by atoms with van der Waals surface area (Å²) in [4.78, 5) is 17.2. The number of nitrogens with zero attached hydrogens (tertiary/aromatic N) is 2. The number of thiazole rings is 1. The molecule has 2 N–H and O–H groups in total. The summed E-state index contributed by atoms with van der Waals surface area (Å²) in [6, 6.07) is 20.5. The van der Waals surface area contributed by atoms with Gasteiger partial charge in [-0.1, -0.05) is 24.3 Å². The minimum atomic E-state index is -3.71. The molecule has 2 heterocycles. The average Bonchev–Trinajstić information content (AvgIpc) is 3.45. The highest BCUT2D eigenvalue weighted by molar-refractivity contribution is 7.90. The lowest BCUT2D eigenvalue weighted by Crippen LogP contribution is -2.14. The number of nitrogens with one attached hydrogen (secondary N) is 2. The summed E-state index contributed by atoms with van der Waals surface area (Å²) in [5.41, 5.74) is 4.65. The van der Waals surface area contributed by atoms with E-state index in [9.17, 15) is 13.2 Å². The minimum Gasteiger partial charge on any atom is -0.485 e. The van der Waals surface area contributed by atoms with Gasteiger partial charge in [0.1, 0.15) is 17.3 Å². The number of carbonyl (C=O) groups excluding carboxylic acids is 1. The Balaban J connectivity index is 1.27. The molecule has 0 saturated carbocycles. The lowest BCUT2D eigenvalue weighted by Gasteiger charge is -2.12. The Morgan fingerprint density at radius 2 is 1.74 bits per heavy atom. The average molecular weight is 491 g/mol. The topological polar surface area (TPSA) is 110 Å². The Hall–Kier alpha value is -4.02. The molecular weight excluding hydrogens is 472 g/mol. The smallest absolute Gasteiger partial charge is 0.285 e. The molecule has 170 valence electrons. The summed E-state index contributed by atoms with van der Waals surface area (Å²) >= 11 is 1.49. The van der Waals surface area contributed by atoms with E-state index in [0.29, 0.717) is 34.9 Å². The fourth-order valence-electron chi connectivity index (χ4n) is 3.39. The molecule has 0 fully saturated rings. The maximum atomic E-state index is 12.8. The van der Waals surface area contributed by atoms with E-state index >= 15 is 0 Å². The first-order chi connectivity index (χ1) is 16.5. The van der Waals surface area contributed by atoms with E-state index in [4.69, 9.17) is 4.74 Å². The molecule has 5 rings (SSSR count). The van der Waals surface area contributed by atoms with Gasteiger partial charge in [-0.3, -0.25) is 4.79 Å². The fourth-order valence-corrected chi connectivity index (χ4v) is 5.11. The summed E-state index contributed by atoms with van der Waals surface area (Å²) < 4.78 is 34.1. The van der Waals surface area contributed by atoms with Crippen molar-refractivity contribution in [2.45, 2.75) is 11.5 Å². The van der Waals surface area contributed by atoms with Gasteiger partial charge in [0.2, 0.25) is 0 Å². The number of aromatic nitrogens is 1. The Morgan fingerprint density at radius 3 is 2.53 bits per heavy atom. The van der Waals surface area contributed by atoms with Gasteiger partial charge < -0.3 is 15.4 Å². The van der Waals surface area contributed by atoms with Crippen LogP contribution in [-0.4, -0.2) is 25.1 Å². The number of anilines is 2. The highest BCUT2D eigenvalue weighted by Gasteiger charge is 2.28. The van der Waals surface area contributed by atoms with Crippen LogP contribution in [0.2, 0.25) is 0 Å². The highest BCUT2D eigenvalue weighted by Crippen LogP contribution is 2.28. The fraction of sp³-hybridized carbons (Fsp3) is 0.0417. The predicted octanol–water partition coefficient (Wildman–Crippen LogP) is 4.54. The summed E-state index contributed by atoms with van der Waals surface area (Å²) in [5.74, 6) is 0.489. The number of ether oxygens (including phenoxy) is 1. The van der Waals surface area contributed by atoms with E-state index in [2.05, 4.69) is 20.0 Å². The van der Waals surface area contributed by atoms with Crippen LogP contribution >= 0.6 is 11.3 Å². The molecule has 0 atom stereocenters. The van der Waals surface area contributed by atoms with Crippen molar-refractivity contribution >= 4 is 44.5 Å². The first-order valence-electron chi connectivity index (χ1n) is 10.2.